The average Bonchev–Trinajstić information content (AvgIpc) is 2.63. The molecule has 0 spiro atoms. The Morgan fingerprint density at radius 1 is 1.76 bits per heavy atom. The fraction of sp³-hybridized carbons (Fsp3) is 0.636. The van der Waals surface area contributed by atoms with E-state index >= 15 is 0 Å². The van der Waals surface area contributed by atoms with Crippen molar-refractivity contribution in [3.63, 3.8) is 0 Å². The van der Waals surface area contributed by atoms with Crippen LogP contribution in [0.4, 0.5) is 5.82 Å². The molecule has 0 unspecified atom stereocenters. The Balaban J connectivity index is 1.80. The van der Waals surface area contributed by atoms with E-state index in [0.717, 1.165) is 19.6 Å². The van der Waals surface area contributed by atoms with E-state index < -0.39 is 0 Å². The summed E-state index contributed by atoms with van der Waals surface area (Å²) in [6, 6.07) is 2.14. The molecule has 0 radical (unpaired) electrons. The Bertz CT molecular complexity index is 391. The maximum absolute atomic E-state index is 11.7. The largest absolute Gasteiger partial charge is 0.360 e. The molecule has 2 rings (SSSR count). The molecule has 1 aromatic rings. The lowest BCUT2D eigenvalue weighted by Gasteiger charge is -2.31. The summed E-state index contributed by atoms with van der Waals surface area (Å²) < 4.78 is 4.88. The van der Waals surface area contributed by atoms with Gasteiger partial charge < -0.3 is 15.2 Å². The Morgan fingerprint density at radius 3 is 3.24 bits per heavy atom. The van der Waals surface area contributed by atoms with Crippen LogP contribution < -0.4 is 10.6 Å². The Morgan fingerprint density at radius 2 is 2.59 bits per heavy atom. The Hall–Kier alpha value is -1.40. The van der Waals surface area contributed by atoms with E-state index in [9.17, 15) is 4.79 Å². The highest BCUT2D eigenvalue weighted by Crippen LogP contribution is 2.07. The molecule has 1 aliphatic rings. The van der Waals surface area contributed by atoms with Gasteiger partial charge in [-0.1, -0.05) is 5.16 Å². The van der Waals surface area contributed by atoms with E-state index in [1.807, 2.05) is 0 Å². The molecular formula is C11H18N4O2. The first-order chi connectivity index (χ1) is 8.13. The first kappa shape index (κ1) is 12.1. The number of aryl methyl sites for hydroxylation is 1. The van der Waals surface area contributed by atoms with Crippen molar-refractivity contribution in [2.75, 3.05) is 31.5 Å². The molecule has 1 fully saturated rings. The van der Waals surface area contributed by atoms with Crippen LogP contribution in [-0.2, 0) is 4.79 Å². The third kappa shape index (κ3) is 3.54. The molecule has 1 saturated heterocycles. The maximum Gasteiger partial charge on any atom is 0.239 e. The average molecular weight is 238 g/mol. The Labute approximate surface area is 100 Å². The highest BCUT2D eigenvalue weighted by Gasteiger charge is 2.18. The fourth-order valence-corrected chi connectivity index (χ4v) is 1.97. The molecule has 0 saturated carbocycles. The zero-order chi connectivity index (χ0) is 12.3. The van der Waals surface area contributed by atoms with Crippen LogP contribution in [-0.4, -0.2) is 48.2 Å². The lowest BCUT2D eigenvalue weighted by molar-refractivity contribution is -0.117. The number of nitrogens with one attached hydrogen (secondary N) is 2. The van der Waals surface area contributed by atoms with E-state index in [1.165, 1.54) is 0 Å². The number of hydrogen-bond acceptors (Lipinski definition) is 5. The molecule has 17 heavy (non-hydrogen) atoms. The van der Waals surface area contributed by atoms with E-state index in [1.54, 1.807) is 13.0 Å². The summed E-state index contributed by atoms with van der Waals surface area (Å²) in [7, 11) is 0. The second-order valence-electron chi connectivity index (χ2n) is 4.46. The van der Waals surface area contributed by atoms with Crippen LogP contribution in [0.1, 0.15) is 12.7 Å². The Kier molecular flexibility index (Phi) is 3.75. The number of aromatic nitrogens is 1. The van der Waals surface area contributed by atoms with E-state index in [2.05, 4.69) is 27.6 Å². The van der Waals surface area contributed by atoms with Crippen molar-refractivity contribution in [2.45, 2.75) is 19.9 Å². The van der Waals surface area contributed by atoms with Gasteiger partial charge in [-0.25, -0.2) is 0 Å². The number of anilines is 1. The van der Waals surface area contributed by atoms with Crippen LogP contribution in [0.2, 0.25) is 0 Å². The van der Waals surface area contributed by atoms with E-state index in [4.69, 9.17) is 4.52 Å². The summed E-state index contributed by atoms with van der Waals surface area (Å²) in [4.78, 5) is 13.9. The van der Waals surface area contributed by atoms with Crippen LogP contribution in [0.5, 0.6) is 0 Å². The number of amides is 1. The number of piperazine rings is 1. The zero-order valence-electron chi connectivity index (χ0n) is 10.2. The minimum Gasteiger partial charge on any atom is -0.360 e. The highest BCUT2D eigenvalue weighted by atomic mass is 16.5. The third-order valence-corrected chi connectivity index (χ3v) is 2.72. The first-order valence-corrected chi connectivity index (χ1v) is 5.82. The maximum atomic E-state index is 11.7. The monoisotopic (exact) mass is 238 g/mol. The lowest BCUT2D eigenvalue weighted by Crippen LogP contribution is -2.51. The van der Waals surface area contributed by atoms with Crippen LogP contribution in [0.3, 0.4) is 0 Å². The summed E-state index contributed by atoms with van der Waals surface area (Å²) in [6.45, 7) is 7.03. The molecule has 6 heteroatoms. The molecule has 2 heterocycles. The highest BCUT2D eigenvalue weighted by molar-refractivity contribution is 5.91. The number of carbonyl (C=O) groups excluding carboxylic acids is 1. The van der Waals surface area contributed by atoms with Gasteiger partial charge in [0, 0.05) is 31.7 Å². The van der Waals surface area contributed by atoms with Gasteiger partial charge in [0.05, 0.1) is 6.54 Å². The van der Waals surface area contributed by atoms with Crippen LogP contribution in [0.25, 0.3) is 0 Å². The van der Waals surface area contributed by atoms with Crippen LogP contribution in [0, 0.1) is 6.92 Å². The second-order valence-corrected chi connectivity index (χ2v) is 4.46. The van der Waals surface area contributed by atoms with Gasteiger partial charge in [-0.15, -0.1) is 0 Å². The number of nitrogens with zero attached hydrogens (tertiary/aromatic N) is 2. The molecule has 0 bridgehead atoms. The molecule has 0 aromatic carbocycles. The van der Waals surface area contributed by atoms with Crippen molar-refractivity contribution >= 4 is 11.7 Å². The smallest absolute Gasteiger partial charge is 0.239 e. The van der Waals surface area contributed by atoms with Crippen molar-refractivity contribution in [1.29, 1.82) is 0 Å². The first-order valence-electron chi connectivity index (χ1n) is 5.82. The SMILES string of the molecule is Cc1cc(NC(=O)CN2CCN[C@@H](C)C2)no1. The normalized spacial score (nSPS) is 21.4. The molecule has 1 atom stereocenters. The minimum absolute atomic E-state index is 0.0487. The summed E-state index contributed by atoms with van der Waals surface area (Å²) in [5.41, 5.74) is 0. The molecule has 1 aromatic heterocycles. The van der Waals surface area contributed by atoms with E-state index in [0.29, 0.717) is 24.2 Å². The predicted octanol–water partition coefficient (Wildman–Crippen LogP) is 0.215. The second kappa shape index (κ2) is 5.29. The quantitative estimate of drug-likeness (QED) is 0.788. The standard InChI is InChI=1S/C11H18N4O2/c1-8-6-15(4-3-12-8)7-11(16)13-10-5-9(2)17-14-10/h5,8,12H,3-4,6-7H2,1-2H3,(H,13,14,16)/t8-/m0/s1. The third-order valence-electron chi connectivity index (χ3n) is 2.72. The van der Waals surface area contributed by atoms with Crippen molar-refractivity contribution in [2.24, 2.45) is 0 Å². The van der Waals surface area contributed by atoms with Gasteiger partial charge in [-0.2, -0.15) is 0 Å². The van der Waals surface area contributed by atoms with Crippen LogP contribution in [0.15, 0.2) is 10.6 Å². The molecule has 6 nitrogen and oxygen atoms in total. The minimum atomic E-state index is -0.0487. The summed E-state index contributed by atoms with van der Waals surface area (Å²) in [6.07, 6.45) is 0. The van der Waals surface area contributed by atoms with Gasteiger partial charge in [0.15, 0.2) is 5.82 Å². The summed E-state index contributed by atoms with van der Waals surface area (Å²) in [5.74, 6) is 1.12. The van der Waals surface area contributed by atoms with Gasteiger partial charge in [0.25, 0.3) is 0 Å². The summed E-state index contributed by atoms with van der Waals surface area (Å²) in [5, 5.41) is 9.78. The molecule has 1 amide bonds. The van der Waals surface area contributed by atoms with Gasteiger partial charge in [-0.3, -0.25) is 9.69 Å². The van der Waals surface area contributed by atoms with Crippen molar-refractivity contribution < 1.29 is 9.32 Å². The van der Waals surface area contributed by atoms with Gasteiger partial charge in [-0.05, 0) is 13.8 Å². The number of hydrogen-bond donors (Lipinski definition) is 2. The van der Waals surface area contributed by atoms with Crippen molar-refractivity contribution in [1.82, 2.24) is 15.4 Å². The molecule has 0 aliphatic carbocycles. The molecule has 2 N–H and O–H groups in total. The topological polar surface area (TPSA) is 70.4 Å². The van der Waals surface area contributed by atoms with Crippen molar-refractivity contribution in [3.05, 3.63) is 11.8 Å². The predicted molar refractivity (Wildman–Crippen MR) is 63.8 cm³/mol. The number of carbonyl (C=O) groups is 1. The van der Waals surface area contributed by atoms with Crippen molar-refractivity contribution in [3.8, 4) is 0 Å². The lowest BCUT2D eigenvalue weighted by atomic mass is 10.2. The van der Waals surface area contributed by atoms with Gasteiger partial charge in [0.2, 0.25) is 5.91 Å². The number of rotatable bonds is 3. The fourth-order valence-electron chi connectivity index (χ4n) is 1.97. The molecular weight excluding hydrogens is 220 g/mol. The van der Waals surface area contributed by atoms with Gasteiger partial charge >= 0.3 is 0 Å². The molecule has 1 aliphatic heterocycles. The zero-order valence-corrected chi connectivity index (χ0v) is 10.2. The van der Waals surface area contributed by atoms with E-state index in [-0.39, 0.29) is 5.91 Å². The molecule has 94 valence electrons. The summed E-state index contributed by atoms with van der Waals surface area (Å²) >= 11 is 0. The van der Waals surface area contributed by atoms with Crippen LogP contribution >= 0.6 is 0 Å². The van der Waals surface area contributed by atoms with Gasteiger partial charge in [0.1, 0.15) is 5.76 Å².